The van der Waals surface area contributed by atoms with E-state index in [1.165, 1.54) is 0 Å². The van der Waals surface area contributed by atoms with Crippen LogP contribution < -0.4 is 0 Å². The van der Waals surface area contributed by atoms with E-state index >= 15 is 0 Å². The van der Waals surface area contributed by atoms with Gasteiger partial charge in [0, 0.05) is 11.4 Å². The summed E-state index contributed by atoms with van der Waals surface area (Å²) in [6.07, 6.45) is 0.843. The minimum absolute atomic E-state index is 0.342. The lowest BCUT2D eigenvalue weighted by Crippen LogP contribution is -2.00. The SMILES string of the molecule is Cc1[nH]c(=S)n(CC=O)c1C. The second-order valence-electron chi connectivity index (χ2n) is 2.42. The Bertz CT molecular complexity index is 324. The molecule has 0 radical (unpaired) electrons. The molecule has 1 rings (SSSR count). The number of aldehydes is 1. The summed E-state index contributed by atoms with van der Waals surface area (Å²) >= 11 is 4.97. The van der Waals surface area contributed by atoms with Gasteiger partial charge in [-0.1, -0.05) is 0 Å². The number of H-pyrrole nitrogens is 1. The van der Waals surface area contributed by atoms with Gasteiger partial charge in [-0.05, 0) is 26.1 Å². The van der Waals surface area contributed by atoms with Gasteiger partial charge in [-0.15, -0.1) is 0 Å². The first-order valence-corrected chi connectivity index (χ1v) is 3.77. The highest BCUT2D eigenvalue weighted by Gasteiger charge is 2.01. The summed E-state index contributed by atoms with van der Waals surface area (Å²) in [5.74, 6) is 0. The molecule has 0 amide bonds. The number of hydrogen-bond donors (Lipinski definition) is 1. The Morgan fingerprint density at radius 3 is 2.64 bits per heavy atom. The fourth-order valence-electron chi connectivity index (χ4n) is 0.967. The highest BCUT2D eigenvalue weighted by Crippen LogP contribution is 2.04. The van der Waals surface area contributed by atoms with Gasteiger partial charge < -0.3 is 14.3 Å². The molecule has 11 heavy (non-hydrogen) atoms. The largest absolute Gasteiger partial charge is 0.335 e. The molecular weight excluding hydrogens is 160 g/mol. The number of aromatic amines is 1. The molecule has 0 saturated carbocycles. The van der Waals surface area contributed by atoms with Gasteiger partial charge in [-0.2, -0.15) is 0 Å². The zero-order valence-corrected chi connectivity index (χ0v) is 7.36. The van der Waals surface area contributed by atoms with Gasteiger partial charge in [0.25, 0.3) is 0 Å². The van der Waals surface area contributed by atoms with Crippen molar-refractivity contribution in [3.63, 3.8) is 0 Å². The average molecular weight is 170 g/mol. The lowest BCUT2D eigenvalue weighted by molar-refractivity contribution is -0.108. The number of nitrogens with zero attached hydrogens (tertiary/aromatic N) is 1. The molecule has 0 bridgehead atoms. The highest BCUT2D eigenvalue weighted by molar-refractivity contribution is 7.71. The summed E-state index contributed by atoms with van der Waals surface area (Å²) in [4.78, 5) is 13.2. The normalized spacial score (nSPS) is 10.0. The maximum Gasteiger partial charge on any atom is 0.177 e. The number of hydrogen-bond acceptors (Lipinski definition) is 2. The minimum Gasteiger partial charge on any atom is -0.335 e. The van der Waals surface area contributed by atoms with Crippen LogP contribution in [-0.4, -0.2) is 15.8 Å². The molecular formula is C7H10N2OS. The summed E-state index contributed by atoms with van der Waals surface area (Å²) in [5, 5.41) is 0. The highest BCUT2D eigenvalue weighted by atomic mass is 32.1. The monoisotopic (exact) mass is 170 g/mol. The first kappa shape index (κ1) is 8.20. The van der Waals surface area contributed by atoms with Crippen LogP contribution in [0.1, 0.15) is 11.4 Å². The van der Waals surface area contributed by atoms with Crippen LogP contribution in [0.2, 0.25) is 0 Å². The molecule has 1 aromatic rings. The van der Waals surface area contributed by atoms with Crippen molar-refractivity contribution in [3.8, 4) is 0 Å². The van der Waals surface area contributed by atoms with Crippen molar-refractivity contribution in [2.75, 3.05) is 0 Å². The number of aryl methyl sites for hydroxylation is 1. The van der Waals surface area contributed by atoms with E-state index in [1.807, 2.05) is 13.8 Å². The van der Waals surface area contributed by atoms with Gasteiger partial charge in [0.05, 0.1) is 6.54 Å². The maximum atomic E-state index is 10.2. The van der Waals surface area contributed by atoms with Gasteiger partial charge >= 0.3 is 0 Å². The van der Waals surface area contributed by atoms with Gasteiger partial charge in [0.2, 0.25) is 0 Å². The van der Waals surface area contributed by atoms with Crippen LogP contribution in [0, 0.1) is 18.6 Å². The van der Waals surface area contributed by atoms with Crippen LogP contribution in [0.15, 0.2) is 0 Å². The molecule has 0 aliphatic rings. The molecule has 0 unspecified atom stereocenters. The van der Waals surface area contributed by atoms with Gasteiger partial charge in [0.1, 0.15) is 6.29 Å². The third-order valence-corrected chi connectivity index (χ3v) is 2.07. The number of imidazole rings is 1. The molecule has 1 heterocycles. The maximum absolute atomic E-state index is 10.2. The van der Waals surface area contributed by atoms with Crippen molar-refractivity contribution in [1.29, 1.82) is 0 Å². The summed E-state index contributed by atoms with van der Waals surface area (Å²) in [7, 11) is 0. The quantitative estimate of drug-likeness (QED) is 0.537. The number of carbonyl (C=O) groups is 1. The minimum atomic E-state index is 0.342. The van der Waals surface area contributed by atoms with Gasteiger partial charge in [0.15, 0.2) is 4.77 Å². The molecule has 0 aliphatic carbocycles. The smallest absolute Gasteiger partial charge is 0.177 e. The Labute approximate surface area is 70.1 Å². The van der Waals surface area contributed by atoms with E-state index in [2.05, 4.69) is 4.98 Å². The van der Waals surface area contributed by atoms with Crippen molar-refractivity contribution in [1.82, 2.24) is 9.55 Å². The molecule has 1 N–H and O–H groups in total. The molecule has 0 aliphatic heterocycles. The molecule has 4 heteroatoms. The average Bonchev–Trinajstić information content (AvgIpc) is 2.17. The van der Waals surface area contributed by atoms with Crippen LogP contribution in [0.5, 0.6) is 0 Å². The summed E-state index contributed by atoms with van der Waals surface area (Å²) in [6, 6.07) is 0. The summed E-state index contributed by atoms with van der Waals surface area (Å²) < 4.78 is 2.39. The van der Waals surface area contributed by atoms with Gasteiger partial charge in [-0.25, -0.2) is 0 Å². The Morgan fingerprint density at radius 1 is 1.64 bits per heavy atom. The molecule has 0 aromatic carbocycles. The Morgan fingerprint density at radius 2 is 2.27 bits per heavy atom. The Balaban J connectivity index is 3.22. The van der Waals surface area contributed by atoms with E-state index in [9.17, 15) is 4.79 Å². The molecule has 3 nitrogen and oxygen atoms in total. The zero-order chi connectivity index (χ0) is 8.43. The first-order valence-electron chi connectivity index (χ1n) is 3.36. The second-order valence-corrected chi connectivity index (χ2v) is 2.80. The van der Waals surface area contributed by atoms with Crippen LogP contribution in [-0.2, 0) is 11.3 Å². The summed E-state index contributed by atoms with van der Waals surface area (Å²) in [6.45, 7) is 4.21. The predicted molar refractivity (Wildman–Crippen MR) is 45.2 cm³/mol. The molecule has 60 valence electrons. The number of rotatable bonds is 2. The molecule has 1 aromatic heterocycles. The first-order chi connectivity index (χ1) is 5.16. The molecule has 0 fully saturated rings. The zero-order valence-electron chi connectivity index (χ0n) is 6.55. The second kappa shape index (κ2) is 3.00. The molecule has 0 spiro atoms. The third kappa shape index (κ3) is 1.40. The Kier molecular flexibility index (Phi) is 2.24. The van der Waals surface area contributed by atoms with Crippen molar-refractivity contribution < 1.29 is 4.79 Å². The summed E-state index contributed by atoms with van der Waals surface area (Å²) in [5.41, 5.74) is 2.05. The van der Waals surface area contributed by atoms with E-state index < -0.39 is 0 Å². The van der Waals surface area contributed by atoms with E-state index in [4.69, 9.17) is 12.2 Å². The van der Waals surface area contributed by atoms with E-state index in [1.54, 1.807) is 4.57 Å². The molecule has 0 saturated heterocycles. The number of nitrogens with one attached hydrogen (secondary N) is 1. The number of carbonyl (C=O) groups excluding carboxylic acids is 1. The van der Waals surface area contributed by atoms with Crippen molar-refractivity contribution in [2.45, 2.75) is 20.4 Å². The van der Waals surface area contributed by atoms with Crippen molar-refractivity contribution in [3.05, 3.63) is 16.2 Å². The molecule has 0 atom stereocenters. The van der Waals surface area contributed by atoms with Crippen molar-refractivity contribution in [2.24, 2.45) is 0 Å². The lowest BCUT2D eigenvalue weighted by atomic mass is 10.4. The topological polar surface area (TPSA) is 37.8 Å². The fourth-order valence-corrected chi connectivity index (χ4v) is 1.33. The Hall–Kier alpha value is -0.900. The lowest BCUT2D eigenvalue weighted by Gasteiger charge is -1.97. The standard InChI is InChI=1S/C7H10N2OS/c1-5-6(2)9(3-4-10)7(11)8-5/h4H,3H2,1-2H3,(H,8,11). The van der Waals surface area contributed by atoms with E-state index in [0.717, 1.165) is 17.7 Å². The number of aromatic nitrogens is 2. The van der Waals surface area contributed by atoms with Crippen LogP contribution >= 0.6 is 12.2 Å². The van der Waals surface area contributed by atoms with Crippen molar-refractivity contribution >= 4 is 18.5 Å². The van der Waals surface area contributed by atoms with E-state index in [0.29, 0.717) is 11.3 Å². The van der Waals surface area contributed by atoms with Crippen LogP contribution in [0.4, 0.5) is 0 Å². The van der Waals surface area contributed by atoms with Crippen LogP contribution in [0.25, 0.3) is 0 Å². The van der Waals surface area contributed by atoms with E-state index in [-0.39, 0.29) is 0 Å². The third-order valence-electron chi connectivity index (χ3n) is 1.74. The van der Waals surface area contributed by atoms with Crippen LogP contribution in [0.3, 0.4) is 0 Å². The van der Waals surface area contributed by atoms with Gasteiger partial charge in [-0.3, -0.25) is 0 Å². The predicted octanol–water partition coefficient (Wildman–Crippen LogP) is 1.36. The fraction of sp³-hybridized carbons (Fsp3) is 0.429.